The summed E-state index contributed by atoms with van der Waals surface area (Å²) in [5.41, 5.74) is 0.470. The van der Waals surface area contributed by atoms with Crippen LogP contribution >= 0.6 is 23.2 Å². The van der Waals surface area contributed by atoms with Crippen LogP contribution in [0.2, 0.25) is 10.0 Å². The monoisotopic (exact) mass is 320 g/mol. The van der Waals surface area contributed by atoms with Crippen molar-refractivity contribution in [2.75, 3.05) is 0 Å². The zero-order chi connectivity index (χ0) is 15.0. The number of benzene rings is 2. The van der Waals surface area contributed by atoms with Crippen molar-refractivity contribution < 1.29 is 9.52 Å². The predicted octanol–water partition coefficient (Wildman–Crippen LogP) is 5.19. The van der Waals surface area contributed by atoms with E-state index in [2.05, 4.69) is 0 Å². The number of halogens is 2. The molecule has 4 heteroatoms. The van der Waals surface area contributed by atoms with Gasteiger partial charge in [0.2, 0.25) is 0 Å². The minimum atomic E-state index is -1.11. The SMILES string of the molecule is CC(O)(Cc1ccc(Cl)cc1)c1cc2cccc(Cl)c2o1. The molecular formula is C17H14Cl2O2. The van der Waals surface area contributed by atoms with Crippen LogP contribution in [-0.2, 0) is 12.0 Å². The number of fused-ring (bicyclic) bond motifs is 1. The second-order valence-corrected chi connectivity index (χ2v) is 6.19. The maximum atomic E-state index is 10.7. The molecule has 0 radical (unpaired) electrons. The summed E-state index contributed by atoms with van der Waals surface area (Å²) >= 11 is 12.0. The molecule has 0 bridgehead atoms. The molecule has 1 heterocycles. The van der Waals surface area contributed by atoms with Gasteiger partial charge in [-0.2, -0.15) is 0 Å². The average molecular weight is 321 g/mol. The maximum Gasteiger partial charge on any atom is 0.153 e. The van der Waals surface area contributed by atoms with Gasteiger partial charge in [-0.05, 0) is 36.8 Å². The summed E-state index contributed by atoms with van der Waals surface area (Å²) in [5, 5.41) is 12.8. The van der Waals surface area contributed by atoms with Crippen molar-refractivity contribution in [1.82, 2.24) is 0 Å². The van der Waals surface area contributed by atoms with E-state index in [0.717, 1.165) is 10.9 Å². The first-order valence-electron chi connectivity index (χ1n) is 6.61. The molecular weight excluding hydrogens is 307 g/mol. The van der Waals surface area contributed by atoms with E-state index < -0.39 is 5.60 Å². The van der Waals surface area contributed by atoms with E-state index in [4.69, 9.17) is 27.6 Å². The zero-order valence-corrected chi connectivity index (χ0v) is 12.9. The molecule has 0 fully saturated rings. The minimum absolute atomic E-state index is 0.432. The molecule has 3 rings (SSSR count). The second-order valence-electron chi connectivity index (χ2n) is 5.35. The fourth-order valence-electron chi connectivity index (χ4n) is 2.38. The Morgan fingerprint density at radius 1 is 1.10 bits per heavy atom. The van der Waals surface area contributed by atoms with Gasteiger partial charge in [0.25, 0.3) is 0 Å². The lowest BCUT2D eigenvalue weighted by atomic mass is 9.94. The Morgan fingerprint density at radius 3 is 2.48 bits per heavy atom. The van der Waals surface area contributed by atoms with Crippen LogP contribution in [0.4, 0.5) is 0 Å². The van der Waals surface area contributed by atoms with Gasteiger partial charge in [-0.15, -0.1) is 0 Å². The van der Waals surface area contributed by atoms with Gasteiger partial charge in [-0.3, -0.25) is 0 Å². The van der Waals surface area contributed by atoms with E-state index >= 15 is 0 Å². The quantitative estimate of drug-likeness (QED) is 0.720. The van der Waals surface area contributed by atoms with E-state index in [1.807, 2.05) is 42.5 Å². The number of rotatable bonds is 3. The average Bonchev–Trinajstić information content (AvgIpc) is 2.88. The molecule has 0 amide bonds. The highest BCUT2D eigenvalue weighted by atomic mass is 35.5. The van der Waals surface area contributed by atoms with Crippen LogP contribution < -0.4 is 0 Å². The molecule has 1 atom stereocenters. The highest BCUT2D eigenvalue weighted by Gasteiger charge is 2.28. The first-order valence-corrected chi connectivity index (χ1v) is 7.37. The number of aliphatic hydroxyl groups is 1. The van der Waals surface area contributed by atoms with Crippen molar-refractivity contribution in [3.05, 3.63) is 69.9 Å². The van der Waals surface area contributed by atoms with Gasteiger partial charge in [0, 0.05) is 16.8 Å². The van der Waals surface area contributed by atoms with Gasteiger partial charge in [0.1, 0.15) is 11.4 Å². The third kappa shape index (κ3) is 2.93. The van der Waals surface area contributed by atoms with Crippen molar-refractivity contribution in [3.63, 3.8) is 0 Å². The number of furan rings is 1. The Labute approximate surface area is 132 Å². The van der Waals surface area contributed by atoms with E-state index in [1.54, 1.807) is 13.0 Å². The van der Waals surface area contributed by atoms with Crippen LogP contribution in [0.1, 0.15) is 18.2 Å². The van der Waals surface area contributed by atoms with Crippen LogP contribution in [0, 0.1) is 0 Å². The van der Waals surface area contributed by atoms with Crippen LogP contribution in [0.15, 0.2) is 52.9 Å². The largest absolute Gasteiger partial charge is 0.456 e. The Hall–Kier alpha value is -1.48. The lowest BCUT2D eigenvalue weighted by molar-refractivity contribution is 0.0360. The van der Waals surface area contributed by atoms with Gasteiger partial charge < -0.3 is 9.52 Å². The van der Waals surface area contributed by atoms with Crippen LogP contribution in [0.25, 0.3) is 11.0 Å². The van der Waals surface area contributed by atoms with Crippen LogP contribution in [0.3, 0.4) is 0 Å². The normalized spacial score (nSPS) is 14.3. The highest BCUT2D eigenvalue weighted by molar-refractivity contribution is 6.34. The van der Waals surface area contributed by atoms with E-state index in [-0.39, 0.29) is 0 Å². The summed E-state index contributed by atoms with van der Waals surface area (Å²) in [7, 11) is 0. The molecule has 108 valence electrons. The summed E-state index contributed by atoms with van der Waals surface area (Å²) in [5.74, 6) is 0.501. The number of hydrogen-bond acceptors (Lipinski definition) is 2. The minimum Gasteiger partial charge on any atom is -0.456 e. The number of para-hydroxylation sites is 1. The van der Waals surface area contributed by atoms with Gasteiger partial charge >= 0.3 is 0 Å². The molecule has 0 aliphatic rings. The van der Waals surface area contributed by atoms with Crippen molar-refractivity contribution in [1.29, 1.82) is 0 Å². The lowest BCUT2D eigenvalue weighted by Gasteiger charge is -2.20. The van der Waals surface area contributed by atoms with E-state index in [9.17, 15) is 5.11 Å². The molecule has 0 aliphatic carbocycles. The van der Waals surface area contributed by atoms with Gasteiger partial charge in [-0.25, -0.2) is 0 Å². The first-order chi connectivity index (χ1) is 9.95. The topological polar surface area (TPSA) is 33.4 Å². The molecule has 0 aliphatic heterocycles. The fourth-order valence-corrected chi connectivity index (χ4v) is 2.73. The van der Waals surface area contributed by atoms with E-state index in [0.29, 0.717) is 27.8 Å². The number of hydrogen-bond donors (Lipinski definition) is 1. The van der Waals surface area contributed by atoms with Gasteiger partial charge in [0.05, 0.1) is 5.02 Å². The molecule has 3 aromatic rings. The third-order valence-corrected chi connectivity index (χ3v) is 4.04. The Morgan fingerprint density at radius 2 is 1.81 bits per heavy atom. The first kappa shape index (κ1) is 14.5. The standard InChI is InChI=1S/C17H14Cl2O2/c1-17(20,10-11-5-7-13(18)8-6-11)15-9-12-3-2-4-14(19)16(12)21-15/h2-9,20H,10H2,1H3. The molecule has 0 spiro atoms. The smallest absolute Gasteiger partial charge is 0.153 e. The molecule has 1 N–H and O–H groups in total. The predicted molar refractivity (Wildman–Crippen MR) is 86.0 cm³/mol. The van der Waals surface area contributed by atoms with Crippen molar-refractivity contribution in [2.45, 2.75) is 18.9 Å². The summed E-state index contributed by atoms with van der Waals surface area (Å²) in [6.45, 7) is 1.73. The molecule has 0 saturated carbocycles. The van der Waals surface area contributed by atoms with Crippen molar-refractivity contribution in [3.8, 4) is 0 Å². The fraction of sp³-hybridized carbons (Fsp3) is 0.176. The summed E-state index contributed by atoms with van der Waals surface area (Å²) in [6.07, 6.45) is 0.432. The molecule has 0 saturated heterocycles. The summed E-state index contributed by atoms with van der Waals surface area (Å²) in [6, 6.07) is 14.8. The Balaban J connectivity index is 1.95. The lowest BCUT2D eigenvalue weighted by Crippen LogP contribution is -2.23. The zero-order valence-electron chi connectivity index (χ0n) is 11.4. The van der Waals surface area contributed by atoms with Crippen LogP contribution in [-0.4, -0.2) is 5.11 Å². The molecule has 2 nitrogen and oxygen atoms in total. The van der Waals surface area contributed by atoms with Gasteiger partial charge in [-0.1, -0.05) is 47.5 Å². The molecule has 21 heavy (non-hydrogen) atoms. The van der Waals surface area contributed by atoms with Gasteiger partial charge in [0.15, 0.2) is 5.58 Å². The van der Waals surface area contributed by atoms with Crippen LogP contribution in [0.5, 0.6) is 0 Å². The Bertz CT molecular complexity index is 773. The second kappa shape index (κ2) is 5.38. The summed E-state index contributed by atoms with van der Waals surface area (Å²) < 4.78 is 5.75. The Kier molecular flexibility index (Phi) is 3.70. The van der Waals surface area contributed by atoms with Crippen molar-refractivity contribution >= 4 is 34.2 Å². The third-order valence-electron chi connectivity index (χ3n) is 3.49. The highest BCUT2D eigenvalue weighted by Crippen LogP contribution is 2.33. The maximum absolute atomic E-state index is 10.7. The van der Waals surface area contributed by atoms with E-state index in [1.165, 1.54) is 0 Å². The summed E-state index contributed by atoms with van der Waals surface area (Å²) in [4.78, 5) is 0. The molecule has 1 aromatic heterocycles. The molecule has 2 aromatic carbocycles. The van der Waals surface area contributed by atoms with Crippen molar-refractivity contribution in [2.24, 2.45) is 0 Å². The molecule has 1 unspecified atom stereocenters.